The molecule has 0 spiro atoms. The summed E-state index contributed by atoms with van der Waals surface area (Å²) < 4.78 is 0. The maximum atomic E-state index is 11.5. The van der Waals surface area contributed by atoms with Crippen LogP contribution in [0.3, 0.4) is 0 Å². The van der Waals surface area contributed by atoms with Crippen molar-refractivity contribution in [3.8, 4) is 0 Å². The highest BCUT2D eigenvalue weighted by atomic mass is 32.2. The molecular weight excluding hydrogens is 180 g/mol. The van der Waals surface area contributed by atoms with Gasteiger partial charge in [-0.15, -0.1) is 0 Å². The van der Waals surface area contributed by atoms with Gasteiger partial charge in [0.25, 0.3) is 0 Å². The van der Waals surface area contributed by atoms with E-state index in [-0.39, 0.29) is 5.78 Å². The molecule has 0 aliphatic rings. The molecular formula is C11H14OS. The summed E-state index contributed by atoms with van der Waals surface area (Å²) in [5, 5.41) is 0.521. The quantitative estimate of drug-likeness (QED) is 0.685. The maximum absolute atomic E-state index is 11.5. The molecule has 0 bridgehead atoms. The zero-order valence-corrected chi connectivity index (χ0v) is 8.80. The van der Waals surface area contributed by atoms with Crippen LogP contribution < -0.4 is 0 Å². The van der Waals surface area contributed by atoms with Crippen LogP contribution in [-0.2, 0) is 0 Å². The molecule has 70 valence electrons. The van der Waals surface area contributed by atoms with E-state index in [9.17, 15) is 4.79 Å². The van der Waals surface area contributed by atoms with Gasteiger partial charge in [-0.1, -0.05) is 44.2 Å². The minimum atomic E-state index is 0.222. The Morgan fingerprint density at radius 1 is 1.31 bits per heavy atom. The molecule has 1 aromatic rings. The predicted molar refractivity (Wildman–Crippen MR) is 58.4 cm³/mol. The first-order chi connectivity index (χ1) is 6.20. The van der Waals surface area contributed by atoms with Gasteiger partial charge in [0.1, 0.15) is 0 Å². The molecule has 2 heteroatoms. The van der Waals surface area contributed by atoms with Crippen LogP contribution in [0.15, 0.2) is 30.3 Å². The molecule has 1 nitrogen and oxygen atoms in total. The third kappa shape index (κ3) is 3.64. The Labute approximate surface area is 83.5 Å². The normalized spacial score (nSPS) is 10.4. The summed E-state index contributed by atoms with van der Waals surface area (Å²) in [5.74, 6) is 0.807. The van der Waals surface area contributed by atoms with E-state index in [2.05, 4.69) is 13.8 Å². The van der Waals surface area contributed by atoms with Gasteiger partial charge in [0.05, 0.1) is 5.75 Å². The molecule has 0 atom stereocenters. The molecule has 0 amide bonds. The minimum Gasteiger partial charge on any atom is -0.293 e. The second-order valence-electron chi connectivity index (χ2n) is 3.15. The zero-order chi connectivity index (χ0) is 9.68. The van der Waals surface area contributed by atoms with Gasteiger partial charge in [0.15, 0.2) is 5.78 Å². The number of hydrogen-bond acceptors (Lipinski definition) is 2. The van der Waals surface area contributed by atoms with Gasteiger partial charge in [-0.2, -0.15) is 11.8 Å². The standard InChI is InChI=1S/C11H14OS/c1-9(2)13-8-11(12)10-6-4-3-5-7-10/h3-7,9H,8H2,1-2H3. The third-order valence-electron chi connectivity index (χ3n) is 1.64. The lowest BCUT2D eigenvalue weighted by Crippen LogP contribution is -2.04. The molecule has 0 fully saturated rings. The van der Waals surface area contributed by atoms with Gasteiger partial charge in [-0.3, -0.25) is 4.79 Å². The summed E-state index contributed by atoms with van der Waals surface area (Å²) in [6.45, 7) is 4.20. The number of hydrogen-bond donors (Lipinski definition) is 0. The van der Waals surface area contributed by atoms with E-state index in [0.717, 1.165) is 5.56 Å². The molecule has 0 saturated carbocycles. The van der Waals surface area contributed by atoms with E-state index in [4.69, 9.17) is 0 Å². The van der Waals surface area contributed by atoms with Crippen LogP contribution in [0.4, 0.5) is 0 Å². The minimum absolute atomic E-state index is 0.222. The average molecular weight is 194 g/mol. The molecule has 1 rings (SSSR count). The molecule has 0 aliphatic heterocycles. The van der Waals surface area contributed by atoms with Crippen LogP contribution in [0.5, 0.6) is 0 Å². The van der Waals surface area contributed by atoms with Crippen LogP contribution in [0.2, 0.25) is 0 Å². The van der Waals surface area contributed by atoms with Crippen molar-refractivity contribution >= 4 is 17.5 Å². The Hall–Kier alpha value is -0.760. The average Bonchev–Trinajstić information content (AvgIpc) is 2.15. The van der Waals surface area contributed by atoms with Crippen molar-refractivity contribution in [2.24, 2.45) is 0 Å². The van der Waals surface area contributed by atoms with E-state index in [1.807, 2.05) is 30.3 Å². The summed E-state index contributed by atoms with van der Waals surface area (Å²) >= 11 is 1.68. The van der Waals surface area contributed by atoms with Crippen molar-refractivity contribution in [3.05, 3.63) is 35.9 Å². The highest BCUT2D eigenvalue weighted by Gasteiger charge is 2.05. The van der Waals surface area contributed by atoms with E-state index < -0.39 is 0 Å². The first-order valence-electron chi connectivity index (χ1n) is 4.40. The van der Waals surface area contributed by atoms with Crippen LogP contribution in [-0.4, -0.2) is 16.8 Å². The Morgan fingerprint density at radius 3 is 2.46 bits per heavy atom. The van der Waals surface area contributed by atoms with Gasteiger partial charge >= 0.3 is 0 Å². The SMILES string of the molecule is CC(C)SCC(=O)c1ccccc1. The Balaban J connectivity index is 2.50. The first kappa shape index (κ1) is 10.3. The predicted octanol–water partition coefficient (Wildman–Crippen LogP) is 3.01. The zero-order valence-electron chi connectivity index (χ0n) is 7.99. The fraction of sp³-hybridized carbons (Fsp3) is 0.364. The molecule has 0 N–H and O–H groups in total. The van der Waals surface area contributed by atoms with Gasteiger partial charge in [-0.05, 0) is 5.25 Å². The summed E-state index contributed by atoms with van der Waals surface area (Å²) in [7, 11) is 0. The topological polar surface area (TPSA) is 17.1 Å². The van der Waals surface area contributed by atoms with Gasteiger partial charge in [-0.25, -0.2) is 0 Å². The van der Waals surface area contributed by atoms with Crippen molar-refractivity contribution < 1.29 is 4.79 Å². The van der Waals surface area contributed by atoms with Crippen LogP contribution in [0.1, 0.15) is 24.2 Å². The molecule has 0 unspecified atom stereocenters. The second-order valence-corrected chi connectivity index (χ2v) is 4.71. The fourth-order valence-electron chi connectivity index (χ4n) is 0.950. The van der Waals surface area contributed by atoms with Gasteiger partial charge in [0, 0.05) is 5.56 Å². The summed E-state index contributed by atoms with van der Waals surface area (Å²) in [4.78, 5) is 11.5. The van der Waals surface area contributed by atoms with Gasteiger partial charge in [0.2, 0.25) is 0 Å². The largest absolute Gasteiger partial charge is 0.293 e. The molecule has 0 heterocycles. The monoisotopic (exact) mass is 194 g/mol. The number of rotatable bonds is 4. The summed E-state index contributed by atoms with van der Waals surface area (Å²) in [6.07, 6.45) is 0. The molecule has 0 aromatic heterocycles. The molecule has 1 aromatic carbocycles. The number of carbonyl (C=O) groups is 1. The third-order valence-corrected chi connectivity index (χ3v) is 2.74. The maximum Gasteiger partial charge on any atom is 0.172 e. The fourth-order valence-corrected chi connectivity index (χ4v) is 1.60. The number of thioether (sulfide) groups is 1. The lowest BCUT2D eigenvalue weighted by molar-refractivity contribution is 0.102. The Morgan fingerprint density at radius 2 is 1.92 bits per heavy atom. The van der Waals surface area contributed by atoms with E-state index >= 15 is 0 Å². The van der Waals surface area contributed by atoms with Crippen molar-refractivity contribution in [2.45, 2.75) is 19.1 Å². The molecule has 0 saturated heterocycles. The van der Waals surface area contributed by atoms with Crippen LogP contribution >= 0.6 is 11.8 Å². The van der Waals surface area contributed by atoms with Crippen LogP contribution in [0, 0.1) is 0 Å². The van der Waals surface area contributed by atoms with E-state index in [0.29, 0.717) is 11.0 Å². The number of Topliss-reactive ketones (excluding diaryl/α,β-unsaturated/α-hetero) is 1. The highest BCUT2D eigenvalue weighted by Crippen LogP contribution is 2.11. The second kappa shape index (κ2) is 5.07. The van der Waals surface area contributed by atoms with Crippen LogP contribution in [0.25, 0.3) is 0 Å². The highest BCUT2D eigenvalue weighted by molar-refractivity contribution is 8.00. The van der Waals surface area contributed by atoms with Crippen molar-refractivity contribution in [1.29, 1.82) is 0 Å². The Kier molecular flexibility index (Phi) is 4.03. The summed E-state index contributed by atoms with van der Waals surface area (Å²) in [6, 6.07) is 9.44. The Bertz CT molecular complexity index is 267. The number of carbonyl (C=O) groups excluding carboxylic acids is 1. The van der Waals surface area contributed by atoms with E-state index in [1.54, 1.807) is 11.8 Å². The lowest BCUT2D eigenvalue weighted by atomic mass is 10.2. The number of benzene rings is 1. The summed E-state index contributed by atoms with van der Waals surface area (Å²) in [5.41, 5.74) is 0.815. The number of ketones is 1. The lowest BCUT2D eigenvalue weighted by Gasteiger charge is -2.03. The van der Waals surface area contributed by atoms with Crippen molar-refractivity contribution in [1.82, 2.24) is 0 Å². The van der Waals surface area contributed by atoms with Crippen molar-refractivity contribution in [2.75, 3.05) is 5.75 Å². The first-order valence-corrected chi connectivity index (χ1v) is 5.45. The van der Waals surface area contributed by atoms with Crippen molar-refractivity contribution in [3.63, 3.8) is 0 Å². The molecule has 13 heavy (non-hydrogen) atoms. The molecule has 0 aliphatic carbocycles. The smallest absolute Gasteiger partial charge is 0.172 e. The van der Waals surface area contributed by atoms with Gasteiger partial charge < -0.3 is 0 Å². The van der Waals surface area contributed by atoms with E-state index in [1.165, 1.54) is 0 Å². The molecule has 0 radical (unpaired) electrons.